The van der Waals surface area contributed by atoms with Gasteiger partial charge in [0.15, 0.2) is 23.2 Å². The first-order valence-corrected chi connectivity index (χ1v) is 9.99. The van der Waals surface area contributed by atoms with Crippen molar-refractivity contribution in [3.8, 4) is 28.8 Å². The molecule has 0 bridgehead atoms. The minimum Gasteiger partial charge on any atom is -0.493 e. The van der Waals surface area contributed by atoms with Crippen molar-refractivity contribution in [2.75, 3.05) is 14.2 Å². The maximum atomic E-state index is 13.0. The predicted octanol–water partition coefficient (Wildman–Crippen LogP) is 4.87. The van der Waals surface area contributed by atoms with Gasteiger partial charge in [0.2, 0.25) is 0 Å². The largest absolute Gasteiger partial charge is 0.493 e. The fourth-order valence-corrected chi connectivity index (χ4v) is 4.04. The fraction of sp³-hybridized carbons (Fsp3) is 0.130. The number of carbonyl (C=O) groups excluding carboxylic acids is 1. The average Bonchev–Trinajstić information content (AvgIpc) is 3.28. The molecule has 0 spiro atoms. The first kappa shape index (κ1) is 19.6. The molecule has 30 heavy (non-hydrogen) atoms. The van der Waals surface area contributed by atoms with Crippen LogP contribution in [0, 0.1) is 11.3 Å². The van der Waals surface area contributed by atoms with Gasteiger partial charge in [-0.3, -0.25) is 9.78 Å². The molecule has 0 radical (unpaired) electrons. The van der Waals surface area contributed by atoms with E-state index < -0.39 is 5.92 Å². The molecule has 2 aromatic carbocycles. The molecule has 0 N–H and O–H groups in total. The fourth-order valence-electron chi connectivity index (χ4n) is 3.17. The molecule has 0 saturated heterocycles. The number of methoxy groups -OCH3 is 2. The number of carbonyl (C=O) groups is 1. The van der Waals surface area contributed by atoms with Gasteiger partial charge in [-0.15, -0.1) is 11.3 Å². The van der Waals surface area contributed by atoms with Crippen LogP contribution in [-0.2, 0) is 0 Å². The zero-order chi connectivity index (χ0) is 21.1. The van der Waals surface area contributed by atoms with Crippen LogP contribution in [0.5, 0.6) is 11.5 Å². The molecule has 2 heterocycles. The number of nitriles is 1. The van der Waals surface area contributed by atoms with E-state index in [1.54, 1.807) is 44.7 Å². The number of hydrogen-bond donors (Lipinski definition) is 0. The summed E-state index contributed by atoms with van der Waals surface area (Å²) in [4.78, 5) is 21.9. The summed E-state index contributed by atoms with van der Waals surface area (Å²) in [6.45, 7) is 0. The van der Waals surface area contributed by atoms with Crippen molar-refractivity contribution in [1.82, 2.24) is 9.97 Å². The molecule has 6 nitrogen and oxygen atoms in total. The van der Waals surface area contributed by atoms with E-state index in [1.807, 2.05) is 29.6 Å². The van der Waals surface area contributed by atoms with Crippen molar-refractivity contribution in [2.24, 2.45) is 0 Å². The Bertz CT molecular complexity index is 1280. The second kappa shape index (κ2) is 8.31. The summed E-state index contributed by atoms with van der Waals surface area (Å²) in [6.07, 6.45) is 1.70. The molecular weight excluding hydrogens is 398 g/mol. The van der Waals surface area contributed by atoms with Crippen molar-refractivity contribution < 1.29 is 14.3 Å². The van der Waals surface area contributed by atoms with Crippen LogP contribution in [-0.4, -0.2) is 30.0 Å². The topological polar surface area (TPSA) is 85.1 Å². The molecule has 0 amide bonds. The molecule has 1 unspecified atom stereocenters. The monoisotopic (exact) mass is 415 g/mol. The molecule has 2 aromatic heterocycles. The van der Waals surface area contributed by atoms with E-state index in [4.69, 9.17) is 9.47 Å². The van der Waals surface area contributed by atoms with E-state index in [0.29, 0.717) is 27.8 Å². The molecule has 148 valence electrons. The number of aromatic nitrogens is 2. The van der Waals surface area contributed by atoms with Crippen molar-refractivity contribution in [3.63, 3.8) is 0 Å². The van der Waals surface area contributed by atoms with E-state index >= 15 is 0 Å². The Labute approximate surface area is 177 Å². The zero-order valence-corrected chi connectivity index (χ0v) is 17.1. The van der Waals surface area contributed by atoms with Crippen LogP contribution in [0.2, 0.25) is 0 Å². The molecule has 0 fully saturated rings. The van der Waals surface area contributed by atoms with E-state index in [9.17, 15) is 10.1 Å². The van der Waals surface area contributed by atoms with Gasteiger partial charge in [0.25, 0.3) is 0 Å². The van der Waals surface area contributed by atoms with E-state index in [0.717, 1.165) is 16.5 Å². The SMILES string of the molecule is COc1ccc(-c2csc(C(C#N)C(=O)c3ccc4ncccc4c3)n2)cc1OC. The number of Topliss-reactive ketones (excluding diaryl/α,β-unsaturated/α-hetero) is 1. The van der Waals surface area contributed by atoms with Gasteiger partial charge in [-0.1, -0.05) is 6.07 Å². The Morgan fingerprint density at radius 3 is 2.70 bits per heavy atom. The number of fused-ring (bicyclic) bond motifs is 1. The van der Waals surface area contributed by atoms with Gasteiger partial charge in [0.05, 0.1) is 31.5 Å². The van der Waals surface area contributed by atoms with E-state index in [1.165, 1.54) is 11.3 Å². The first-order chi connectivity index (χ1) is 14.6. The van der Waals surface area contributed by atoms with Crippen molar-refractivity contribution in [3.05, 3.63) is 70.7 Å². The summed E-state index contributed by atoms with van der Waals surface area (Å²) < 4.78 is 10.6. The summed E-state index contributed by atoms with van der Waals surface area (Å²) in [5, 5.41) is 12.8. The lowest BCUT2D eigenvalue weighted by atomic mass is 9.98. The summed E-state index contributed by atoms with van der Waals surface area (Å²) in [5.41, 5.74) is 2.75. The standard InChI is InChI=1S/C23H17N3O3S/c1-28-20-8-6-15(11-21(20)29-2)19-13-30-23(26-19)17(12-24)22(27)16-5-7-18-14(10-16)4-3-9-25-18/h3-11,13,17H,1-2H3. The van der Waals surface area contributed by atoms with Crippen molar-refractivity contribution in [1.29, 1.82) is 5.26 Å². The van der Waals surface area contributed by atoms with Crippen LogP contribution in [0.25, 0.3) is 22.2 Å². The number of nitrogens with zero attached hydrogens (tertiary/aromatic N) is 3. The third-order valence-corrected chi connectivity index (χ3v) is 5.64. The molecule has 0 aliphatic rings. The van der Waals surface area contributed by atoms with Gasteiger partial charge in [-0.25, -0.2) is 4.98 Å². The highest BCUT2D eigenvalue weighted by molar-refractivity contribution is 7.10. The van der Waals surface area contributed by atoms with Gasteiger partial charge in [-0.05, 0) is 42.5 Å². The Kier molecular flexibility index (Phi) is 5.42. The predicted molar refractivity (Wildman–Crippen MR) is 115 cm³/mol. The lowest BCUT2D eigenvalue weighted by molar-refractivity contribution is 0.0979. The lowest BCUT2D eigenvalue weighted by Crippen LogP contribution is -2.11. The molecule has 0 aliphatic carbocycles. The smallest absolute Gasteiger partial charge is 0.186 e. The van der Waals surface area contributed by atoms with Crippen LogP contribution in [0.15, 0.2) is 60.1 Å². The van der Waals surface area contributed by atoms with Crippen LogP contribution in [0.3, 0.4) is 0 Å². The quantitative estimate of drug-likeness (QED) is 0.418. The first-order valence-electron chi connectivity index (χ1n) is 9.11. The van der Waals surface area contributed by atoms with Gasteiger partial charge in [0, 0.05) is 28.1 Å². The van der Waals surface area contributed by atoms with Gasteiger partial charge >= 0.3 is 0 Å². The van der Waals surface area contributed by atoms with Gasteiger partial charge < -0.3 is 9.47 Å². The Morgan fingerprint density at radius 2 is 1.93 bits per heavy atom. The Balaban J connectivity index is 1.65. The normalized spacial score (nSPS) is 11.6. The van der Waals surface area contributed by atoms with Crippen LogP contribution in [0.4, 0.5) is 0 Å². The second-order valence-electron chi connectivity index (χ2n) is 6.48. The zero-order valence-electron chi connectivity index (χ0n) is 16.3. The van der Waals surface area contributed by atoms with Crippen molar-refractivity contribution >= 4 is 28.0 Å². The minimum absolute atomic E-state index is 0.281. The van der Waals surface area contributed by atoms with E-state index in [-0.39, 0.29) is 5.78 Å². The number of hydrogen-bond acceptors (Lipinski definition) is 7. The number of thiazole rings is 1. The molecular formula is C23H17N3O3S. The minimum atomic E-state index is -0.974. The summed E-state index contributed by atoms with van der Waals surface area (Å²) >= 11 is 1.29. The third-order valence-electron chi connectivity index (χ3n) is 4.73. The molecule has 0 aliphatic heterocycles. The number of rotatable bonds is 6. The second-order valence-corrected chi connectivity index (χ2v) is 7.37. The van der Waals surface area contributed by atoms with Crippen LogP contribution in [0.1, 0.15) is 21.3 Å². The van der Waals surface area contributed by atoms with Gasteiger partial charge in [0.1, 0.15) is 5.01 Å². The van der Waals surface area contributed by atoms with Crippen LogP contribution >= 0.6 is 11.3 Å². The molecule has 0 saturated carbocycles. The average molecular weight is 415 g/mol. The van der Waals surface area contributed by atoms with Crippen molar-refractivity contribution in [2.45, 2.75) is 5.92 Å². The Morgan fingerprint density at radius 1 is 1.10 bits per heavy atom. The Hall–Kier alpha value is -3.76. The lowest BCUT2D eigenvalue weighted by Gasteiger charge is -2.08. The maximum absolute atomic E-state index is 13.0. The molecule has 4 aromatic rings. The molecule has 4 rings (SSSR count). The highest BCUT2D eigenvalue weighted by Gasteiger charge is 2.25. The number of ether oxygens (including phenoxy) is 2. The number of ketones is 1. The summed E-state index contributed by atoms with van der Waals surface area (Å²) in [6, 6.07) is 16.5. The van der Waals surface area contributed by atoms with Gasteiger partial charge in [-0.2, -0.15) is 5.26 Å². The summed E-state index contributed by atoms with van der Waals surface area (Å²) in [5.74, 6) is -0.0516. The number of pyridine rings is 1. The summed E-state index contributed by atoms with van der Waals surface area (Å²) in [7, 11) is 3.14. The highest BCUT2D eigenvalue weighted by atomic mass is 32.1. The molecule has 7 heteroatoms. The maximum Gasteiger partial charge on any atom is 0.186 e. The third kappa shape index (κ3) is 3.61. The number of benzene rings is 2. The molecule has 1 atom stereocenters. The van der Waals surface area contributed by atoms with Crippen LogP contribution < -0.4 is 9.47 Å². The highest BCUT2D eigenvalue weighted by Crippen LogP contribution is 2.34. The van der Waals surface area contributed by atoms with E-state index in [2.05, 4.69) is 16.0 Å².